The molecule has 1 heterocycles. The van der Waals surface area contributed by atoms with Gasteiger partial charge in [0.2, 0.25) is 0 Å². The molecule has 1 aromatic rings. The first-order valence-electron chi connectivity index (χ1n) is 5.46. The van der Waals surface area contributed by atoms with Crippen LogP contribution in [0, 0.1) is 5.92 Å². The van der Waals surface area contributed by atoms with Crippen LogP contribution < -0.4 is 4.90 Å². The van der Waals surface area contributed by atoms with Crippen molar-refractivity contribution in [3.05, 3.63) is 28.2 Å². The van der Waals surface area contributed by atoms with E-state index in [4.69, 9.17) is 23.2 Å². The monoisotopic (exact) mass is 259 g/mol. The summed E-state index contributed by atoms with van der Waals surface area (Å²) in [5, 5.41) is 10.4. The molecule has 16 heavy (non-hydrogen) atoms. The van der Waals surface area contributed by atoms with Crippen LogP contribution in [0.4, 0.5) is 5.69 Å². The normalized spacial score (nSPS) is 25.1. The molecule has 0 saturated carbocycles. The third-order valence-corrected chi connectivity index (χ3v) is 4.20. The van der Waals surface area contributed by atoms with Crippen LogP contribution in [-0.2, 0) is 0 Å². The molecule has 2 atom stereocenters. The van der Waals surface area contributed by atoms with E-state index < -0.39 is 0 Å². The van der Waals surface area contributed by atoms with Crippen LogP contribution in [-0.4, -0.2) is 24.3 Å². The van der Waals surface area contributed by atoms with Gasteiger partial charge in [-0.15, -0.1) is 0 Å². The molecule has 88 valence electrons. The molecule has 1 N–H and O–H groups in total. The van der Waals surface area contributed by atoms with Crippen molar-refractivity contribution in [1.82, 2.24) is 0 Å². The number of hydrogen-bond donors (Lipinski definition) is 1. The molecule has 1 aliphatic heterocycles. The molecule has 0 amide bonds. The Kier molecular flexibility index (Phi) is 3.63. The highest BCUT2D eigenvalue weighted by Crippen LogP contribution is 2.37. The van der Waals surface area contributed by atoms with Crippen LogP contribution in [0.5, 0.6) is 0 Å². The second-order valence-electron chi connectivity index (χ2n) is 4.24. The van der Waals surface area contributed by atoms with Gasteiger partial charge in [0.25, 0.3) is 0 Å². The summed E-state index contributed by atoms with van der Waals surface area (Å²) in [6.45, 7) is 3.27. The molecule has 1 aliphatic rings. The van der Waals surface area contributed by atoms with Crippen LogP contribution in [0.25, 0.3) is 0 Å². The van der Waals surface area contributed by atoms with Gasteiger partial charge in [-0.2, -0.15) is 0 Å². The van der Waals surface area contributed by atoms with Gasteiger partial charge in [-0.05, 0) is 25.5 Å². The largest absolute Gasteiger partial charge is 0.396 e. The fraction of sp³-hybridized carbons (Fsp3) is 0.500. The molecular formula is C12H15Cl2NO. The summed E-state index contributed by atoms with van der Waals surface area (Å²) in [5.41, 5.74) is 0.970. The maximum atomic E-state index is 9.24. The lowest BCUT2D eigenvalue weighted by molar-refractivity contribution is 0.221. The summed E-state index contributed by atoms with van der Waals surface area (Å²) in [6.07, 6.45) is 1.00. The van der Waals surface area contributed by atoms with Crippen LogP contribution >= 0.6 is 23.2 Å². The summed E-state index contributed by atoms with van der Waals surface area (Å²) in [6, 6.07) is 5.98. The number of halogens is 2. The van der Waals surface area contributed by atoms with E-state index in [1.165, 1.54) is 0 Å². The first-order chi connectivity index (χ1) is 7.65. The van der Waals surface area contributed by atoms with Crippen molar-refractivity contribution in [2.45, 2.75) is 19.4 Å². The molecule has 0 aromatic heterocycles. The Labute approximate surface area is 106 Å². The summed E-state index contributed by atoms with van der Waals surface area (Å²) < 4.78 is 0. The number of benzene rings is 1. The summed E-state index contributed by atoms with van der Waals surface area (Å²) >= 11 is 12.2. The minimum Gasteiger partial charge on any atom is -0.396 e. The Bertz CT molecular complexity index is 383. The van der Waals surface area contributed by atoms with Crippen molar-refractivity contribution in [3.8, 4) is 0 Å². The fourth-order valence-electron chi connectivity index (χ4n) is 2.30. The lowest BCUT2D eigenvalue weighted by atomic mass is 10.0. The second-order valence-corrected chi connectivity index (χ2v) is 5.02. The summed E-state index contributed by atoms with van der Waals surface area (Å²) in [5.74, 6) is 0.329. The van der Waals surface area contributed by atoms with Crippen LogP contribution in [0.15, 0.2) is 18.2 Å². The average molecular weight is 260 g/mol. The average Bonchev–Trinajstić information content (AvgIpc) is 2.64. The number of aliphatic hydroxyl groups is 1. The minimum atomic E-state index is 0.232. The molecule has 1 saturated heterocycles. The van der Waals surface area contributed by atoms with Crippen molar-refractivity contribution in [1.29, 1.82) is 0 Å². The first-order valence-corrected chi connectivity index (χ1v) is 6.22. The molecule has 1 fully saturated rings. The highest BCUT2D eigenvalue weighted by Gasteiger charge is 2.31. The zero-order valence-corrected chi connectivity index (χ0v) is 10.7. The van der Waals surface area contributed by atoms with Gasteiger partial charge in [-0.1, -0.05) is 29.3 Å². The third-order valence-electron chi connectivity index (χ3n) is 3.39. The SMILES string of the molecule is CC1C(CO)CCN1c1cccc(Cl)c1Cl. The number of anilines is 1. The van der Waals surface area contributed by atoms with Gasteiger partial charge in [0.15, 0.2) is 0 Å². The van der Waals surface area contributed by atoms with E-state index in [1.54, 1.807) is 6.07 Å². The van der Waals surface area contributed by atoms with E-state index in [0.29, 0.717) is 22.0 Å². The highest BCUT2D eigenvalue weighted by molar-refractivity contribution is 6.43. The molecule has 0 bridgehead atoms. The van der Waals surface area contributed by atoms with Gasteiger partial charge >= 0.3 is 0 Å². The van der Waals surface area contributed by atoms with E-state index >= 15 is 0 Å². The number of hydrogen-bond acceptors (Lipinski definition) is 2. The number of aliphatic hydroxyl groups excluding tert-OH is 1. The first kappa shape index (κ1) is 12.0. The van der Waals surface area contributed by atoms with E-state index in [1.807, 2.05) is 12.1 Å². The Balaban J connectivity index is 2.29. The minimum absolute atomic E-state index is 0.232. The molecule has 2 rings (SSSR count). The Morgan fingerprint density at radius 1 is 1.44 bits per heavy atom. The number of rotatable bonds is 2. The second kappa shape index (κ2) is 4.82. The summed E-state index contributed by atoms with van der Waals surface area (Å²) in [4.78, 5) is 2.22. The topological polar surface area (TPSA) is 23.5 Å². The van der Waals surface area contributed by atoms with E-state index in [2.05, 4.69) is 11.8 Å². The van der Waals surface area contributed by atoms with Crippen molar-refractivity contribution >= 4 is 28.9 Å². The van der Waals surface area contributed by atoms with Gasteiger partial charge in [0, 0.05) is 25.1 Å². The van der Waals surface area contributed by atoms with Crippen molar-refractivity contribution in [2.75, 3.05) is 18.1 Å². The molecule has 0 spiro atoms. The quantitative estimate of drug-likeness (QED) is 0.882. The van der Waals surface area contributed by atoms with Crippen LogP contribution in [0.2, 0.25) is 10.0 Å². The predicted molar refractivity (Wildman–Crippen MR) is 68.5 cm³/mol. The van der Waals surface area contributed by atoms with Gasteiger partial charge in [-0.3, -0.25) is 0 Å². The van der Waals surface area contributed by atoms with Gasteiger partial charge in [0.05, 0.1) is 15.7 Å². The third kappa shape index (κ3) is 2.02. The lowest BCUT2D eigenvalue weighted by Gasteiger charge is -2.27. The fourth-order valence-corrected chi connectivity index (χ4v) is 2.71. The highest BCUT2D eigenvalue weighted by atomic mass is 35.5. The van der Waals surface area contributed by atoms with Gasteiger partial charge in [-0.25, -0.2) is 0 Å². The number of nitrogens with zero attached hydrogens (tertiary/aromatic N) is 1. The smallest absolute Gasteiger partial charge is 0.0825 e. The molecule has 1 aromatic carbocycles. The maximum absolute atomic E-state index is 9.24. The Morgan fingerprint density at radius 3 is 2.81 bits per heavy atom. The van der Waals surface area contributed by atoms with Crippen molar-refractivity contribution < 1.29 is 5.11 Å². The molecule has 0 aliphatic carbocycles. The van der Waals surface area contributed by atoms with Gasteiger partial charge in [0.1, 0.15) is 0 Å². The standard InChI is InChI=1S/C12H15Cl2NO/c1-8-9(7-16)5-6-15(8)11-4-2-3-10(13)12(11)14/h2-4,8-9,16H,5-7H2,1H3. The zero-order chi connectivity index (χ0) is 11.7. The Hall–Kier alpha value is -0.440. The molecule has 2 nitrogen and oxygen atoms in total. The zero-order valence-electron chi connectivity index (χ0n) is 9.16. The van der Waals surface area contributed by atoms with Crippen molar-refractivity contribution in [2.24, 2.45) is 5.92 Å². The molecule has 4 heteroatoms. The van der Waals surface area contributed by atoms with E-state index in [-0.39, 0.29) is 6.61 Å². The van der Waals surface area contributed by atoms with E-state index in [9.17, 15) is 5.11 Å². The molecule has 0 radical (unpaired) electrons. The Morgan fingerprint density at radius 2 is 2.19 bits per heavy atom. The lowest BCUT2D eigenvalue weighted by Crippen LogP contribution is -2.31. The predicted octanol–water partition coefficient (Wildman–Crippen LogP) is 3.20. The summed E-state index contributed by atoms with van der Waals surface area (Å²) in [7, 11) is 0. The van der Waals surface area contributed by atoms with Crippen LogP contribution in [0.3, 0.4) is 0 Å². The molecular weight excluding hydrogens is 245 g/mol. The van der Waals surface area contributed by atoms with Crippen molar-refractivity contribution in [3.63, 3.8) is 0 Å². The maximum Gasteiger partial charge on any atom is 0.0825 e. The van der Waals surface area contributed by atoms with Crippen LogP contribution in [0.1, 0.15) is 13.3 Å². The van der Waals surface area contributed by atoms with Gasteiger partial charge < -0.3 is 10.0 Å². The molecule has 2 unspecified atom stereocenters. The van der Waals surface area contributed by atoms with E-state index in [0.717, 1.165) is 18.7 Å².